The highest BCUT2D eigenvalue weighted by Gasteiger charge is 2.24. The summed E-state index contributed by atoms with van der Waals surface area (Å²) in [5.74, 6) is -0.269. The van der Waals surface area contributed by atoms with Gasteiger partial charge < -0.3 is 0 Å². The van der Waals surface area contributed by atoms with E-state index in [1.165, 1.54) is 0 Å². The Balaban J connectivity index is 3.43. The minimum absolute atomic E-state index is 0.260. The Bertz CT molecular complexity index is 331. The summed E-state index contributed by atoms with van der Waals surface area (Å²) >= 11 is 3.20. The lowest BCUT2D eigenvalue weighted by molar-refractivity contribution is 0.501. The van der Waals surface area contributed by atoms with E-state index in [-0.39, 0.29) is 11.2 Å². The Morgan fingerprint density at radius 2 is 1.77 bits per heavy atom. The van der Waals surface area contributed by atoms with Crippen LogP contribution < -0.4 is 0 Å². The fourth-order valence-corrected chi connectivity index (χ4v) is 1.97. The van der Waals surface area contributed by atoms with E-state index >= 15 is 0 Å². The van der Waals surface area contributed by atoms with Gasteiger partial charge in [0.05, 0.1) is 5.69 Å². The highest BCUT2D eigenvalue weighted by atomic mass is 79.9. The SMILES string of the molecule is Cc1nnc(Br)c(C(C)(C)C)c1F. The largest absolute Gasteiger partial charge is 0.204 e. The van der Waals surface area contributed by atoms with Crippen molar-refractivity contribution >= 4 is 15.9 Å². The van der Waals surface area contributed by atoms with Crippen LogP contribution in [0, 0.1) is 12.7 Å². The zero-order chi connectivity index (χ0) is 10.2. The quantitative estimate of drug-likeness (QED) is 0.704. The first-order chi connectivity index (χ1) is 5.84. The third kappa shape index (κ3) is 2.05. The Hall–Kier alpha value is -0.510. The lowest BCUT2D eigenvalue weighted by atomic mass is 9.88. The molecule has 2 nitrogen and oxygen atoms in total. The van der Waals surface area contributed by atoms with Gasteiger partial charge in [0.1, 0.15) is 4.60 Å². The minimum atomic E-state index is -0.269. The van der Waals surface area contributed by atoms with Crippen LogP contribution in [0.15, 0.2) is 4.60 Å². The molecule has 4 heteroatoms. The van der Waals surface area contributed by atoms with E-state index in [9.17, 15) is 4.39 Å². The van der Waals surface area contributed by atoms with Crippen molar-refractivity contribution in [2.75, 3.05) is 0 Å². The molecule has 1 heterocycles. The van der Waals surface area contributed by atoms with Crippen molar-refractivity contribution < 1.29 is 4.39 Å². The molecule has 0 N–H and O–H groups in total. The summed E-state index contributed by atoms with van der Waals surface area (Å²) in [7, 11) is 0. The Kier molecular flexibility index (Phi) is 2.71. The molecular formula is C9H12BrFN2. The van der Waals surface area contributed by atoms with Crippen molar-refractivity contribution in [3.05, 3.63) is 21.7 Å². The summed E-state index contributed by atoms with van der Waals surface area (Å²) < 4.78 is 14.1. The normalized spacial score (nSPS) is 11.8. The molecule has 0 saturated carbocycles. The van der Waals surface area contributed by atoms with Gasteiger partial charge in [-0.3, -0.25) is 0 Å². The van der Waals surface area contributed by atoms with E-state index in [0.717, 1.165) is 0 Å². The highest BCUT2D eigenvalue weighted by molar-refractivity contribution is 9.10. The molecule has 1 rings (SSSR count). The maximum absolute atomic E-state index is 13.6. The van der Waals surface area contributed by atoms with Crippen molar-refractivity contribution in [3.63, 3.8) is 0 Å². The van der Waals surface area contributed by atoms with E-state index in [4.69, 9.17) is 0 Å². The van der Waals surface area contributed by atoms with Crippen molar-refractivity contribution in [1.82, 2.24) is 10.2 Å². The summed E-state index contributed by atoms with van der Waals surface area (Å²) in [4.78, 5) is 0. The number of aromatic nitrogens is 2. The van der Waals surface area contributed by atoms with E-state index in [1.807, 2.05) is 20.8 Å². The van der Waals surface area contributed by atoms with Crippen molar-refractivity contribution in [3.8, 4) is 0 Å². The van der Waals surface area contributed by atoms with Gasteiger partial charge >= 0.3 is 0 Å². The molecule has 0 unspecified atom stereocenters. The van der Waals surface area contributed by atoms with E-state index < -0.39 is 0 Å². The molecule has 13 heavy (non-hydrogen) atoms. The molecule has 0 saturated heterocycles. The Morgan fingerprint density at radius 1 is 1.23 bits per heavy atom. The number of hydrogen-bond acceptors (Lipinski definition) is 2. The van der Waals surface area contributed by atoms with E-state index in [1.54, 1.807) is 6.92 Å². The molecule has 0 fully saturated rings. The van der Waals surface area contributed by atoms with Crippen LogP contribution in [0.5, 0.6) is 0 Å². The minimum Gasteiger partial charge on any atom is -0.204 e. The number of hydrogen-bond donors (Lipinski definition) is 0. The molecule has 1 aromatic heterocycles. The summed E-state index contributed by atoms with van der Waals surface area (Å²) in [6.07, 6.45) is 0. The van der Waals surface area contributed by atoms with Crippen LogP contribution in [-0.4, -0.2) is 10.2 Å². The molecule has 0 atom stereocenters. The van der Waals surface area contributed by atoms with Gasteiger partial charge in [0, 0.05) is 5.56 Å². The standard InChI is InChI=1S/C9H12BrFN2/c1-5-7(11)6(9(2,3)4)8(10)13-12-5/h1-4H3. The second kappa shape index (κ2) is 3.33. The van der Waals surface area contributed by atoms with Crippen LogP contribution in [0.4, 0.5) is 4.39 Å². The average molecular weight is 247 g/mol. The van der Waals surface area contributed by atoms with Gasteiger partial charge in [-0.15, -0.1) is 5.10 Å². The van der Waals surface area contributed by atoms with Crippen molar-refractivity contribution in [1.29, 1.82) is 0 Å². The lowest BCUT2D eigenvalue weighted by Gasteiger charge is -2.20. The second-order valence-electron chi connectivity index (χ2n) is 4.02. The number of halogens is 2. The van der Waals surface area contributed by atoms with Gasteiger partial charge in [-0.05, 0) is 28.3 Å². The van der Waals surface area contributed by atoms with E-state index in [0.29, 0.717) is 15.9 Å². The Labute approximate surface area is 85.7 Å². The average Bonchev–Trinajstić information content (AvgIpc) is 1.95. The fraction of sp³-hybridized carbons (Fsp3) is 0.556. The molecule has 0 aliphatic carbocycles. The van der Waals surface area contributed by atoms with Crippen LogP contribution in [-0.2, 0) is 5.41 Å². The van der Waals surface area contributed by atoms with Gasteiger partial charge in [0.2, 0.25) is 0 Å². The molecule has 0 aliphatic heterocycles. The molecule has 0 radical (unpaired) electrons. The van der Waals surface area contributed by atoms with Gasteiger partial charge in [-0.2, -0.15) is 5.10 Å². The summed E-state index contributed by atoms with van der Waals surface area (Å²) in [6, 6.07) is 0. The molecule has 0 amide bonds. The first-order valence-electron chi connectivity index (χ1n) is 4.03. The zero-order valence-corrected chi connectivity index (χ0v) is 9.74. The van der Waals surface area contributed by atoms with Gasteiger partial charge in [-0.1, -0.05) is 20.8 Å². The molecule has 0 spiro atoms. The third-order valence-corrected chi connectivity index (χ3v) is 2.34. The number of aryl methyl sites for hydroxylation is 1. The Morgan fingerprint density at radius 3 is 2.15 bits per heavy atom. The molecule has 72 valence electrons. The first kappa shape index (κ1) is 10.6. The first-order valence-corrected chi connectivity index (χ1v) is 4.82. The van der Waals surface area contributed by atoms with Crippen LogP contribution >= 0.6 is 15.9 Å². The van der Waals surface area contributed by atoms with Crippen molar-refractivity contribution in [2.24, 2.45) is 0 Å². The molecule has 1 aromatic rings. The zero-order valence-electron chi connectivity index (χ0n) is 8.15. The number of rotatable bonds is 0. The smallest absolute Gasteiger partial charge is 0.152 e. The number of nitrogens with zero attached hydrogens (tertiary/aromatic N) is 2. The van der Waals surface area contributed by atoms with Gasteiger partial charge in [0.25, 0.3) is 0 Å². The maximum Gasteiger partial charge on any atom is 0.152 e. The topological polar surface area (TPSA) is 25.8 Å². The maximum atomic E-state index is 13.6. The van der Waals surface area contributed by atoms with E-state index in [2.05, 4.69) is 26.1 Å². The van der Waals surface area contributed by atoms with Crippen LogP contribution in [0.3, 0.4) is 0 Å². The van der Waals surface area contributed by atoms with Crippen LogP contribution in [0.1, 0.15) is 32.0 Å². The van der Waals surface area contributed by atoms with Crippen molar-refractivity contribution in [2.45, 2.75) is 33.1 Å². The highest BCUT2D eigenvalue weighted by Crippen LogP contribution is 2.30. The second-order valence-corrected chi connectivity index (χ2v) is 4.77. The summed E-state index contributed by atoms with van der Waals surface area (Å²) in [6.45, 7) is 7.44. The molecule has 0 bridgehead atoms. The fourth-order valence-electron chi connectivity index (χ4n) is 1.12. The monoisotopic (exact) mass is 246 g/mol. The lowest BCUT2D eigenvalue weighted by Crippen LogP contribution is -2.17. The predicted octanol–water partition coefficient (Wildman–Crippen LogP) is 2.98. The summed E-state index contributed by atoms with van der Waals surface area (Å²) in [5, 5.41) is 7.51. The molecule has 0 aliphatic rings. The van der Waals surface area contributed by atoms with Crippen LogP contribution in [0.25, 0.3) is 0 Å². The van der Waals surface area contributed by atoms with Gasteiger partial charge in [0.15, 0.2) is 5.82 Å². The molecule has 0 aromatic carbocycles. The summed E-state index contributed by atoms with van der Waals surface area (Å²) in [5.41, 5.74) is 0.664. The predicted molar refractivity (Wildman–Crippen MR) is 53.1 cm³/mol. The third-order valence-electron chi connectivity index (χ3n) is 1.78. The molecular weight excluding hydrogens is 235 g/mol. The van der Waals surface area contributed by atoms with Gasteiger partial charge in [-0.25, -0.2) is 4.39 Å². The van der Waals surface area contributed by atoms with Crippen LogP contribution in [0.2, 0.25) is 0 Å².